The SMILES string of the molecule is CS(=O)(=O)N1CCC[C@H](NC(=O)CCc2ncc(-c3ccc(F)cc3)o2)C1. The number of nitrogens with one attached hydrogen (secondary N) is 1. The fourth-order valence-corrected chi connectivity index (χ4v) is 3.97. The average Bonchev–Trinajstić information content (AvgIpc) is 3.09. The normalized spacial score (nSPS) is 18.4. The molecular formula is C18H22FN3O4S. The first kappa shape index (κ1) is 19.5. The van der Waals surface area contributed by atoms with Gasteiger partial charge in [0.15, 0.2) is 11.7 Å². The van der Waals surface area contributed by atoms with E-state index in [0.29, 0.717) is 36.7 Å². The van der Waals surface area contributed by atoms with Crippen LogP contribution >= 0.6 is 0 Å². The van der Waals surface area contributed by atoms with Gasteiger partial charge >= 0.3 is 0 Å². The first-order valence-electron chi connectivity index (χ1n) is 8.76. The summed E-state index contributed by atoms with van der Waals surface area (Å²) in [7, 11) is -3.24. The lowest BCUT2D eigenvalue weighted by atomic mass is 10.1. The number of aromatic nitrogens is 1. The highest BCUT2D eigenvalue weighted by atomic mass is 32.2. The summed E-state index contributed by atoms with van der Waals surface area (Å²) in [4.78, 5) is 16.3. The molecule has 1 N–H and O–H groups in total. The molecule has 146 valence electrons. The summed E-state index contributed by atoms with van der Waals surface area (Å²) >= 11 is 0. The largest absolute Gasteiger partial charge is 0.441 e. The number of hydrogen-bond donors (Lipinski definition) is 1. The number of oxazole rings is 1. The Morgan fingerprint density at radius 1 is 1.37 bits per heavy atom. The van der Waals surface area contributed by atoms with E-state index in [1.54, 1.807) is 18.3 Å². The van der Waals surface area contributed by atoms with Crippen molar-refractivity contribution in [2.45, 2.75) is 31.7 Å². The fraction of sp³-hybridized carbons (Fsp3) is 0.444. The van der Waals surface area contributed by atoms with Crippen molar-refractivity contribution in [3.8, 4) is 11.3 Å². The Hall–Kier alpha value is -2.26. The van der Waals surface area contributed by atoms with Gasteiger partial charge in [-0.3, -0.25) is 4.79 Å². The number of halogens is 1. The van der Waals surface area contributed by atoms with E-state index in [1.807, 2.05) is 0 Å². The number of amides is 1. The van der Waals surface area contributed by atoms with E-state index in [4.69, 9.17) is 4.42 Å². The summed E-state index contributed by atoms with van der Waals surface area (Å²) in [5.41, 5.74) is 0.711. The molecule has 9 heteroatoms. The number of carbonyl (C=O) groups is 1. The number of benzene rings is 1. The summed E-state index contributed by atoms with van der Waals surface area (Å²) in [6, 6.07) is 5.70. The van der Waals surface area contributed by atoms with Gasteiger partial charge in [-0.25, -0.2) is 22.1 Å². The Labute approximate surface area is 157 Å². The summed E-state index contributed by atoms with van der Waals surface area (Å²) in [5, 5.41) is 2.88. The molecule has 27 heavy (non-hydrogen) atoms. The number of carbonyl (C=O) groups excluding carboxylic acids is 1. The number of piperidine rings is 1. The molecule has 1 saturated heterocycles. The van der Waals surface area contributed by atoms with Gasteiger partial charge in [0, 0.05) is 37.5 Å². The van der Waals surface area contributed by atoms with Crippen LogP contribution in [0.15, 0.2) is 34.9 Å². The van der Waals surface area contributed by atoms with Crippen molar-refractivity contribution in [3.63, 3.8) is 0 Å². The third-order valence-corrected chi connectivity index (χ3v) is 5.74. The van der Waals surface area contributed by atoms with E-state index in [2.05, 4.69) is 10.3 Å². The van der Waals surface area contributed by atoms with E-state index < -0.39 is 10.0 Å². The molecule has 2 heterocycles. The van der Waals surface area contributed by atoms with E-state index in [0.717, 1.165) is 12.8 Å². The Balaban J connectivity index is 1.50. The van der Waals surface area contributed by atoms with Crippen molar-refractivity contribution in [1.82, 2.24) is 14.6 Å². The van der Waals surface area contributed by atoms with Crippen LogP contribution in [0.5, 0.6) is 0 Å². The van der Waals surface area contributed by atoms with E-state index in [9.17, 15) is 17.6 Å². The number of nitrogens with zero attached hydrogens (tertiary/aromatic N) is 2. The molecule has 0 saturated carbocycles. The van der Waals surface area contributed by atoms with Crippen LogP contribution in [0.1, 0.15) is 25.2 Å². The molecule has 0 aliphatic carbocycles. The molecule has 0 bridgehead atoms. The second-order valence-electron chi connectivity index (χ2n) is 6.65. The number of sulfonamides is 1. The minimum atomic E-state index is -3.24. The summed E-state index contributed by atoms with van der Waals surface area (Å²) in [5.74, 6) is 0.441. The van der Waals surface area contributed by atoms with Crippen molar-refractivity contribution >= 4 is 15.9 Å². The van der Waals surface area contributed by atoms with Crippen molar-refractivity contribution in [2.24, 2.45) is 0 Å². The van der Waals surface area contributed by atoms with Gasteiger partial charge in [-0.1, -0.05) is 0 Å². The zero-order valence-corrected chi connectivity index (χ0v) is 15.8. The highest BCUT2D eigenvalue weighted by Crippen LogP contribution is 2.21. The Morgan fingerprint density at radius 2 is 2.11 bits per heavy atom. The first-order valence-corrected chi connectivity index (χ1v) is 10.6. The van der Waals surface area contributed by atoms with Crippen molar-refractivity contribution in [1.29, 1.82) is 0 Å². The maximum atomic E-state index is 13.0. The van der Waals surface area contributed by atoms with E-state index >= 15 is 0 Å². The highest BCUT2D eigenvalue weighted by molar-refractivity contribution is 7.88. The van der Waals surface area contributed by atoms with Crippen LogP contribution < -0.4 is 5.32 Å². The number of rotatable bonds is 6. The Kier molecular flexibility index (Phi) is 5.91. The first-order chi connectivity index (χ1) is 12.8. The molecule has 1 aromatic carbocycles. The molecule has 7 nitrogen and oxygen atoms in total. The molecule has 0 unspecified atom stereocenters. The van der Waals surface area contributed by atoms with Crippen molar-refractivity contribution in [3.05, 3.63) is 42.2 Å². The van der Waals surface area contributed by atoms with E-state index in [-0.39, 0.29) is 24.2 Å². The molecule has 3 rings (SSSR count). The van der Waals surface area contributed by atoms with Gasteiger partial charge in [0.1, 0.15) is 5.82 Å². The zero-order chi connectivity index (χ0) is 19.4. The second-order valence-corrected chi connectivity index (χ2v) is 8.64. The lowest BCUT2D eigenvalue weighted by Crippen LogP contribution is -2.49. The summed E-state index contributed by atoms with van der Waals surface area (Å²) in [6.45, 7) is 0.798. The van der Waals surface area contributed by atoms with Gasteiger partial charge in [0.25, 0.3) is 0 Å². The molecular weight excluding hydrogens is 373 g/mol. The highest BCUT2D eigenvalue weighted by Gasteiger charge is 2.26. The van der Waals surface area contributed by atoms with Gasteiger partial charge < -0.3 is 9.73 Å². The second kappa shape index (κ2) is 8.18. The topological polar surface area (TPSA) is 92.5 Å². The molecule has 0 spiro atoms. The number of hydrogen-bond acceptors (Lipinski definition) is 5. The average molecular weight is 395 g/mol. The molecule has 1 aliphatic heterocycles. The minimum Gasteiger partial charge on any atom is -0.441 e. The standard InChI is InChI=1S/C18H22FN3O4S/c1-27(24,25)22-10-2-3-15(12-22)21-17(23)8-9-18-20-11-16(26-18)13-4-6-14(19)7-5-13/h4-7,11,15H,2-3,8-10,12H2,1H3,(H,21,23)/t15-/m0/s1. The molecule has 1 atom stereocenters. The zero-order valence-electron chi connectivity index (χ0n) is 15.0. The molecule has 1 aliphatic rings. The van der Waals surface area contributed by atoms with Crippen LogP contribution in [-0.2, 0) is 21.2 Å². The molecule has 1 aromatic heterocycles. The monoisotopic (exact) mass is 395 g/mol. The van der Waals surface area contributed by atoms with Crippen molar-refractivity contribution in [2.75, 3.05) is 19.3 Å². The van der Waals surface area contributed by atoms with Crippen LogP contribution in [-0.4, -0.2) is 49.0 Å². The third kappa shape index (κ3) is 5.36. The number of aryl methyl sites for hydroxylation is 1. The molecule has 2 aromatic rings. The maximum absolute atomic E-state index is 13.0. The predicted octanol–water partition coefficient (Wildman–Crippen LogP) is 1.95. The van der Waals surface area contributed by atoms with Crippen LogP contribution in [0.3, 0.4) is 0 Å². The lowest BCUT2D eigenvalue weighted by molar-refractivity contribution is -0.122. The van der Waals surface area contributed by atoms with Gasteiger partial charge in [-0.05, 0) is 37.1 Å². The van der Waals surface area contributed by atoms with Gasteiger partial charge in [-0.15, -0.1) is 0 Å². The van der Waals surface area contributed by atoms with Gasteiger partial charge in [0.2, 0.25) is 15.9 Å². The van der Waals surface area contributed by atoms with Crippen LogP contribution in [0.2, 0.25) is 0 Å². The summed E-state index contributed by atoms with van der Waals surface area (Å²) < 4.78 is 43.3. The summed E-state index contributed by atoms with van der Waals surface area (Å²) in [6.07, 6.45) is 4.72. The Morgan fingerprint density at radius 3 is 2.81 bits per heavy atom. The third-order valence-electron chi connectivity index (χ3n) is 4.47. The van der Waals surface area contributed by atoms with Crippen molar-refractivity contribution < 1.29 is 22.0 Å². The van der Waals surface area contributed by atoms with Crippen LogP contribution in [0, 0.1) is 5.82 Å². The minimum absolute atomic E-state index is 0.170. The Bertz CT molecular complexity index is 896. The predicted molar refractivity (Wildman–Crippen MR) is 97.8 cm³/mol. The molecule has 1 fully saturated rings. The van der Waals surface area contributed by atoms with Crippen LogP contribution in [0.25, 0.3) is 11.3 Å². The maximum Gasteiger partial charge on any atom is 0.220 e. The van der Waals surface area contributed by atoms with E-state index in [1.165, 1.54) is 22.7 Å². The van der Waals surface area contributed by atoms with Gasteiger partial charge in [0.05, 0.1) is 12.5 Å². The fourth-order valence-electron chi connectivity index (χ4n) is 3.06. The molecule has 1 amide bonds. The molecule has 0 radical (unpaired) electrons. The van der Waals surface area contributed by atoms with Crippen LogP contribution in [0.4, 0.5) is 4.39 Å². The lowest BCUT2D eigenvalue weighted by Gasteiger charge is -2.31. The quantitative estimate of drug-likeness (QED) is 0.807. The smallest absolute Gasteiger partial charge is 0.220 e. The van der Waals surface area contributed by atoms with Gasteiger partial charge in [-0.2, -0.15) is 0 Å².